The predicted octanol–water partition coefficient (Wildman–Crippen LogP) is 6.09. The Morgan fingerprint density at radius 3 is 2.69 bits per heavy atom. The molecule has 2 aromatic rings. The summed E-state index contributed by atoms with van der Waals surface area (Å²) in [6, 6.07) is 14.0. The lowest BCUT2D eigenvalue weighted by molar-refractivity contribution is -0.115. The van der Waals surface area contributed by atoms with Crippen LogP contribution in [0.3, 0.4) is 0 Å². The molecule has 168 valence electrons. The first-order valence-electron chi connectivity index (χ1n) is 11.2. The van der Waals surface area contributed by atoms with Crippen LogP contribution in [0.4, 0.5) is 11.4 Å². The maximum Gasteiger partial charge on any atom is 0.264 e. The van der Waals surface area contributed by atoms with Crippen LogP contribution in [0.1, 0.15) is 57.6 Å². The number of amidine groups is 1. The van der Waals surface area contributed by atoms with Gasteiger partial charge in [-0.1, -0.05) is 19.9 Å². The van der Waals surface area contributed by atoms with Gasteiger partial charge in [-0.2, -0.15) is 0 Å². The summed E-state index contributed by atoms with van der Waals surface area (Å²) < 4.78 is 5.18. The second-order valence-electron chi connectivity index (χ2n) is 9.07. The van der Waals surface area contributed by atoms with E-state index in [1.165, 1.54) is 23.0 Å². The van der Waals surface area contributed by atoms with Crippen molar-refractivity contribution in [2.75, 3.05) is 18.6 Å². The predicted molar refractivity (Wildman–Crippen MR) is 135 cm³/mol. The number of anilines is 1. The minimum Gasteiger partial charge on any atom is -0.497 e. The molecule has 1 saturated heterocycles. The molecule has 2 aromatic carbocycles. The lowest BCUT2D eigenvalue weighted by Gasteiger charge is -2.47. The Kier molecular flexibility index (Phi) is 6.33. The van der Waals surface area contributed by atoms with Gasteiger partial charge in [-0.3, -0.25) is 4.79 Å². The number of aliphatic imine (C=N–C) groups is 1. The maximum absolute atomic E-state index is 12.5. The third-order valence-electron chi connectivity index (χ3n) is 6.11. The molecule has 0 bridgehead atoms. The van der Waals surface area contributed by atoms with Gasteiger partial charge in [0.1, 0.15) is 5.75 Å². The molecule has 0 saturated carbocycles. The number of thioether (sulfide) groups is 1. The van der Waals surface area contributed by atoms with Crippen LogP contribution in [-0.2, 0) is 4.79 Å². The number of fused-ring (bicyclic) bond motifs is 1. The third kappa shape index (κ3) is 4.56. The Labute approximate surface area is 194 Å². The molecular weight excluding hydrogens is 418 g/mol. The SMILES string of the molecule is CCCN1c2ccc(/C=C3/SC(=Nc4ccc(OC)cc4)NC3=O)cc2C(C)CC1(C)C. The molecular formula is C26H31N3O2S. The van der Waals surface area contributed by atoms with Crippen LogP contribution in [0.5, 0.6) is 5.75 Å². The normalized spacial score (nSPS) is 22.2. The molecule has 0 aliphatic carbocycles. The highest BCUT2D eigenvalue weighted by Gasteiger charge is 2.35. The number of carbonyl (C=O) groups is 1. The molecule has 2 heterocycles. The zero-order chi connectivity index (χ0) is 22.9. The number of rotatable bonds is 5. The number of nitrogens with zero attached hydrogens (tertiary/aromatic N) is 2. The quantitative estimate of drug-likeness (QED) is 0.561. The van der Waals surface area contributed by atoms with Crippen molar-refractivity contribution in [1.82, 2.24) is 5.32 Å². The molecule has 32 heavy (non-hydrogen) atoms. The zero-order valence-electron chi connectivity index (χ0n) is 19.4. The second-order valence-corrected chi connectivity index (χ2v) is 10.1. The molecule has 6 heteroatoms. The van der Waals surface area contributed by atoms with Crippen LogP contribution >= 0.6 is 11.8 Å². The number of nitrogens with one attached hydrogen (secondary N) is 1. The number of methoxy groups -OCH3 is 1. The Morgan fingerprint density at radius 2 is 2.00 bits per heavy atom. The van der Waals surface area contributed by atoms with E-state index in [1.807, 2.05) is 30.3 Å². The molecule has 1 amide bonds. The summed E-state index contributed by atoms with van der Waals surface area (Å²) in [7, 11) is 1.63. The fourth-order valence-corrected chi connectivity index (χ4v) is 5.49. The van der Waals surface area contributed by atoms with E-state index in [0.29, 0.717) is 16.0 Å². The molecule has 5 nitrogen and oxygen atoms in total. The monoisotopic (exact) mass is 449 g/mol. The summed E-state index contributed by atoms with van der Waals surface area (Å²) in [5, 5.41) is 3.46. The topological polar surface area (TPSA) is 53.9 Å². The van der Waals surface area contributed by atoms with Crippen molar-refractivity contribution in [2.24, 2.45) is 4.99 Å². The zero-order valence-corrected chi connectivity index (χ0v) is 20.3. The highest BCUT2D eigenvalue weighted by Crippen LogP contribution is 2.44. The Bertz CT molecular complexity index is 1070. The van der Waals surface area contributed by atoms with Gasteiger partial charge in [0, 0.05) is 17.8 Å². The first-order chi connectivity index (χ1) is 15.3. The van der Waals surface area contributed by atoms with Gasteiger partial charge in [-0.25, -0.2) is 4.99 Å². The summed E-state index contributed by atoms with van der Waals surface area (Å²) in [5.74, 6) is 1.14. The van der Waals surface area contributed by atoms with Crippen molar-refractivity contribution in [3.63, 3.8) is 0 Å². The number of amides is 1. The first kappa shape index (κ1) is 22.5. The van der Waals surface area contributed by atoms with E-state index < -0.39 is 0 Å². The first-order valence-corrected chi connectivity index (χ1v) is 12.0. The van der Waals surface area contributed by atoms with Crippen molar-refractivity contribution in [1.29, 1.82) is 0 Å². The minimum atomic E-state index is -0.109. The highest BCUT2D eigenvalue weighted by molar-refractivity contribution is 8.18. The summed E-state index contributed by atoms with van der Waals surface area (Å²) in [6.45, 7) is 10.3. The Balaban J connectivity index is 1.58. The average Bonchev–Trinajstić information content (AvgIpc) is 3.10. The van der Waals surface area contributed by atoms with E-state index in [-0.39, 0.29) is 11.4 Å². The van der Waals surface area contributed by atoms with Gasteiger partial charge in [-0.05, 0) is 98.0 Å². The second kappa shape index (κ2) is 9.02. The molecule has 2 aliphatic heterocycles. The molecule has 0 spiro atoms. The summed E-state index contributed by atoms with van der Waals surface area (Å²) in [6.07, 6.45) is 4.21. The number of hydrogen-bond donors (Lipinski definition) is 1. The van der Waals surface area contributed by atoms with Gasteiger partial charge in [0.05, 0.1) is 17.7 Å². The van der Waals surface area contributed by atoms with E-state index in [0.717, 1.165) is 36.4 Å². The molecule has 2 aliphatic rings. The average molecular weight is 450 g/mol. The van der Waals surface area contributed by atoms with Gasteiger partial charge in [0.2, 0.25) is 0 Å². The molecule has 4 rings (SSSR count). The van der Waals surface area contributed by atoms with Gasteiger partial charge in [0.15, 0.2) is 5.17 Å². The van der Waals surface area contributed by atoms with Crippen LogP contribution in [-0.4, -0.2) is 30.3 Å². The number of ether oxygens (including phenoxy) is 1. The van der Waals surface area contributed by atoms with Crippen LogP contribution < -0.4 is 15.0 Å². The molecule has 1 atom stereocenters. The van der Waals surface area contributed by atoms with Crippen molar-refractivity contribution in [3.8, 4) is 5.75 Å². The van der Waals surface area contributed by atoms with E-state index >= 15 is 0 Å². The smallest absolute Gasteiger partial charge is 0.264 e. The van der Waals surface area contributed by atoms with E-state index in [4.69, 9.17) is 4.74 Å². The molecule has 0 radical (unpaired) electrons. The number of benzene rings is 2. The van der Waals surface area contributed by atoms with Gasteiger partial charge < -0.3 is 15.0 Å². The van der Waals surface area contributed by atoms with Crippen molar-refractivity contribution in [3.05, 3.63) is 58.5 Å². The molecule has 0 aromatic heterocycles. The van der Waals surface area contributed by atoms with E-state index in [9.17, 15) is 4.79 Å². The van der Waals surface area contributed by atoms with Crippen LogP contribution in [0.25, 0.3) is 6.08 Å². The summed E-state index contributed by atoms with van der Waals surface area (Å²) >= 11 is 1.37. The Morgan fingerprint density at radius 1 is 1.25 bits per heavy atom. The Hall–Kier alpha value is -2.73. The largest absolute Gasteiger partial charge is 0.497 e. The standard InChI is InChI=1S/C26H31N3O2S/c1-6-13-29-22-12-7-18(14-21(22)17(2)16-26(29,3)4)15-23-24(30)28-25(32-23)27-19-8-10-20(31-5)11-9-19/h7-12,14-15,17H,6,13,16H2,1-5H3,(H,27,28,30)/b23-15+. The molecule has 1 fully saturated rings. The lowest BCUT2D eigenvalue weighted by atomic mass is 9.79. The van der Waals surface area contributed by atoms with Crippen molar-refractivity contribution >= 4 is 40.3 Å². The fraction of sp³-hybridized carbons (Fsp3) is 0.385. The maximum atomic E-state index is 12.5. The van der Waals surface area contributed by atoms with E-state index in [1.54, 1.807) is 7.11 Å². The van der Waals surface area contributed by atoms with Crippen LogP contribution in [0.15, 0.2) is 52.4 Å². The number of carbonyl (C=O) groups excluding carboxylic acids is 1. The lowest BCUT2D eigenvalue weighted by Crippen LogP contribution is -2.48. The molecule has 1 N–H and O–H groups in total. The van der Waals surface area contributed by atoms with Gasteiger partial charge in [-0.15, -0.1) is 0 Å². The fourth-order valence-electron chi connectivity index (χ4n) is 4.65. The van der Waals surface area contributed by atoms with Crippen LogP contribution in [0, 0.1) is 0 Å². The minimum absolute atomic E-state index is 0.109. The summed E-state index contributed by atoms with van der Waals surface area (Å²) in [5.41, 5.74) is 4.66. The van der Waals surface area contributed by atoms with Crippen molar-refractivity contribution < 1.29 is 9.53 Å². The van der Waals surface area contributed by atoms with Crippen LogP contribution in [0.2, 0.25) is 0 Å². The highest BCUT2D eigenvalue weighted by atomic mass is 32.2. The molecule has 1 unspecified atom stereocenters. The van der Waals surface area contributed by atoms with Gasteiger partial charge in [0.25, 0.3) is 5.91 Å². The summed E-state index contributed by atoms with van der Waals surface area (Å²) in [4.78, 5) is 20.3. The van der Waals surface area contributed by atoms with Gasteiger partial charge >= 0.3 is 0 Å². The van der Waals surface area contributed by atoms with Crippen molar-refractivity contribution in [2.45, 2.75) is 52.0 Å². The third-order valence-corrected chi connectivity index (χ3v) is 7.02. The van der Waals surface area contributed by atoms with E-state index in [2.05, 4.69) is 61.1 Å². The number of hydrogen-bond acceptors (Lipinski definition) is 5.